The maximum absolute atomic E-state index is 3.25. The molecule has 0 amide bonds. The Hall–Kier alpha value is -5.60. The van der Waals surface area contributed by atoms with Crippen LogP contribution in [0.4, 0.5) is 0 Å². The molecule has 0 radical (unpaired) electrons. The molecule has 0 unspecified atom stereocenters. The molecule has 8 aromatic carbocycles. The van der Waals surface area contributed by atoms with Crippen LogP contribution in [0.3, 0.4) is 0 Å². The van der Waals surface area contributed by atoms with Crippen molar-refractivity contribution in [2.75, 3.05) is 0 Å². The monoisotopic (exact) mass is 1140 g/mol. The molecule has 0 aliphatic heterocycles. The Bertz CT molecular complexity index is 2580. The minimum atomic E-state index is 0. The Morgan fingerprint density at radius 2 is 0.397 bits per heavy atom. The van der Waals surface area contributed by atoms with Crippen LogP contribution in [-0.2, 0) is 41.5 Å². The molecular formula is C72H84Os. The van der Waals surface area contributed by atoms with Crippen molar-refractivity contribution >= 4 is 0 Å². The summed E-state index contributed by atoms with van der Waals surface area (Å²) in [5, 5.41) is 0. The molecule has 0 N–H and O–H groups in total. The van der Waals surface area contributed by atoms with Gasteiger partial charge in [0.1, 0.15) is 0 Å². The number of benzene rings is 8. The van der Waals surface area contributed by atoms with E-state index in [2.05, 4.69) is 308 Å². The summed E-state index contributed by atoms with van der Waals surface area (Å²) in [6, 6.07) is 65.8. The molecule has 380 valence electrons. The first kappa shape index (κ1) is 60.0. The van der Waals surface area contributed by atoms with Crippen LogP contribution in [0.1, 0.15) is 150 Å². The molecule has 0 spiro atoms. The van der Waals surface area contributed by atoms with Gasteiger partial charge in [0, 0.05) is 0 Å². The van der Waals surface area contributed by atoms with Crippen molar-refractivity contribution in [3.05, 3.63) is 237 Å². The molecule has 0 bridgehead atoms. The van der Waals surface area contributed by atoms with Gasteiger partial charge in [0.25, 0.3) is 0 Å². The molecule has 1 heteroatoms. The topological polar surface area (TPSA) is 0 Å². The van der Waals surface area contributed by atoms with Crippen molar-refractivity contribution in [1.82, 2.24) is 0 Å². The molecule has 0 aromatic heterocycles. The Labute approximate surface area is 458 Å². The van der Waals surface area contributed by atoms with Crippen LogP contribution in [0.5, 0.6) is 0 Å². The Morgan fingerprint density at radius 1 is 0.247 bits per heavy atom. The van der Waals surface area contributed by atoms with E-state index in [1.807, 2.05) is 0 Å². The van der Waals surface area contributed by atoms with E-state index in [9.17, 15) is 0 Å². The summed E-state index contributed by atoms with van der Waals surface area (Å²) in [7, 11) is 0. The first-order valence-electron chi connectivity index (χ1n) is 25.9. The SMILES string of the molecule is Cc1[c-]cc(C)c(-c2ccc(C(C)(C)C)cc2)c1.Cc1[c-]cc(C)c(-c2ccc(C(C)(C)C)cc2)c1.Cc1[c-]cc(C)c(-c2ccc(C(C)(C)C)cc2)c1.Cc1[c-]cc(C)c(-c2ccc(C(C)(C)C)cc2)c1.[Os+4]. The van der Waals surface area contributed by atoms with Gasteiger partial charge < -0.3 is 0 Å². The molecule has 73 heavy (non-hydrogen) atoms. The Morgan fingerprint density at radius 3 is 0.534 bits per heavy atom. The zero-order valence-electron chi connectivity index (χ0n) is 48.2. The fourth-order valence-corrected chi connectivity index (χ4v) is 8.53. The summed E-state index contributed by atoms with van der Waals surface area (Å²) < 4.78 is 0. The van der Waals surface area contributed by atoms with Crippen LogP contribution in [0.25, 0.3) is 44.5 Å². The summed E-state index contributed by atoms with van der Waals surface area (Å²) in [4.78, 5) is 0. The minimum absolute atomic E-state index is 0. The molecule has 0 heterocycles. The first-order chi connectivity index (χ1) is 33.5. The van der Waals surface area contributed by atoms with Crippen molar-refractivity contribution in [2.24, 2.45) is 0 Å². The van der Waals surface area contributed by atoms with Gasteiger partial charge in [0.15, 0.2) is 0 Å². The zero-order valence-corrected chi connectivity index (χ0v) is 50.8. The molecule has 0 aliphatic rings. The van der Waals surface area contributed by atoms with Crippen molar-refractivity contribution in [1.29, 1.82) is 0 Å². The smallest absolute Gasteiger partial charge is 0.180 e. The molecule has 8 aromatic rings. The van der Waals surface area contributed by atoms with Crippen LogP contribution in [-0.4, -0.2) is 0 Å². The number of aryl methyl sites for hydroxylation is 8. The van der Waals surface area contributed by atoms with Crippen molar-refractivity contribution in [3.8, 4) is 44.5 Å². The van der Waals surface area contributed by atoms with Gasteiger partial charge in [-0.05, 0) is 66.2 Å². The van der Waals surface area contributed by atoms with E-state index in [1.165, 1.54) is 111 Å². The summed E-state index contributed by atoms with van der Waals surface area (Å²) in [6.45, 7) is 43.9. The van der Waals surface area contributed by atoms with E-state index in [0.29, 0.717) is 0 Å². The maximum atomic E-state index is 3.25. The average Bonchev–Trinajstić information content (AvgIpc) is 3.32. The summed E-state index contributed by atoms with van der Waals surface area (Å²) >= 11 is 0. The number of rotatable bonds is 4. The molecular weight excluding hydrogens is 1060 g/mol. The van der Waals surface area contributed by atoms with Crippen molar-refractivity contribution in [2.45, 2.75) is 160 Å². The summed E-state index contributed by atoms with van der Waals surface area (Å²) in [6.07, 6.45) is 0. The van der Waals surface area contributed by atoms with Gasteiger partial charge in [-0.2, -0.15) is 117 Å². The fraction of sp³-hybridized carbons (Fsp3) is 0.333. The molecule has 0 aliphatic carbocycles. The third-order valence-electron chi connectivity index (χ3n) is 13.5. The number of hydrogen-bond acceptors (Lipinski definition) is 0. The van der Waals surface area contributed by atoms with Gasteiger partial charge in [-0.15, -0.1) is 22.3 Å². The predicted molar refractivity (Wildman–Crippen MR) is 316 cm³/mol. The molecule has 0 nitrogen and oxygen atoms in total. The molecule has 8 rings (SSSR count). The minimum Gasteiger partial charge on any atom is -0.180 e. The van der Waals surface area contributed by atoms with E-state index in [1.54, 1.807) is 0 Å². The Balaban J connectivity index is 0.000000210. The van der Waals surface area contributed by atoms with Crippen LogP contribution in [0.2, 0.25) is 0 Å². The van der Waals surface area contributed by atoms with Gasteiger partial charge >= 0.3 is 19.8 Å². The normalized spacial score (nSPS) is 11.5. The molecule has 0 saturated carbocycles. The van der Waals surface area contributed by atoms with Gasteiger partial charge in [-0.1, -0.05) is 236 Å². The molecule has 0 atom stereocenters. The van der Waals surface area contributed by atoms with E-state index < -0.39 is 0 Å². The largest absolute Gasteiger partial charge is 4.00 e. The van der Waals surface area contributed by atoms with E-state index in [-0.39, 0.29) is 41.5 Å². The first-order valence-corrected chi connectivity index (χ1v) is 25.9. The average molecular weight is 1140 g/mol. The van der Waals surface area contributed by atoms with E-state index in [0.717, 1.165) is 0 Å². The zero-order chi connectivity index (χ0) is 53.3. The van der Waals surface area contributed by atoms with Gasteiger partial charge in [0.2, 0.25) is 0 Å². The third-order valence-corrected chi connectivity index (χ3v) is 13.5. The molecule has 0 saturated heterocycles. The third kappa shape index (κ3) is 17.2. The standard InChI is InChI=1S/4C18H21.Os/c4*1-13-6-7-14(2)17(12-13)15-8-10-16(11-9-15)18(3,4)5;/h4*7-12H,1-5H3;/q4*-1;+4. The molecule has 0 fully saturated rings. The predicted octanol–water partition coefficient (Wildman–Crippen LogP) is 20.3. The van der Waals surface area contributed by atoms with Gasteiger partial charge in [-0.3, -0.25) is 0 Å². The Kier molecular flexibility index (Phi) is 20.6. The van der Waals surface area contributed by atoms with Crippen LogP contribution in [0, 0.1) is 79.7 Å². The van der Waals surface area contributed by atoms with Crippen LogP contribution >= 0.6 is 0 Å². The van der Waals surface area contributed by atoms with Crippen LogP contribution in [0.15, 0.2) is 146 Å². The number of hydrogen-bond donors (Lipinski definition) is 0. The second kappa shape index (κ2) is 25.1. The van der Waals surface area contributed by atoms with E-state index >= 15 is 0 Å². The van der Waals surface area contributed by atoms with E-state index in [4.69, 9.17) is 0 Å². The van der Waals surface area contributed by atoms with Crippen LogP contribution < -0.4 is 0 Å². The van der Waals surface area contributed by atoms with Gasteiger partial charge in [0.05, 0.1) is 0 Å². The van der Waals surface area contributed by atoms with Gasteiger partial charge in [-0.25, -0.2) is 0 Å². The van der Waals surface area contributed by atoms with Crippen molar-refractivity contribution in [3.63, 3.8) is 0 Å². The second-order valence-electron chi connectivity index (χ2n) is 24.2. The fourth-order valence-electron chi connectivity index (χ4n) is 8.53. The second-order valence-corrected chi connectivity index (χ2v) is 24.2. The summed E-state index contributed by atoms with van der Waals surface area (Å²) in [5.41, 5.74) is 26.7. The van der Waals surface area contributed by atoms with Crippen molar-refractivity contribution < 1.29 is 19.8 Å². The summed E-state index contributed by atoms with van der Waals surface area (Å²) in [5.74, 6) is 0. The quantitative estimate of drug-likeness (QED) is 0.154. The maximum Gasteiger partial charge on any atom is 4.00 e.